The first kappa shape index (κ1) is 18.7. The molecule has 0 aliphatic carbocycles. The minimum Gasteiger partial charge on any atom is -0.497 e. The third-order valence-electron chi connectivity index (χ3n) is 3.88. The van der Waals surface area contributed by atoms with Gasteiger partial charge in [-0.2, -0.15) is 0 Å². The number of benzene rings is 2. The summed E-state index contributed by atoms with van der Waals surface area (Å²) < 4.78 is 16.1. The molecular formula is C22H26O3. The molecule has 2 aromatic rings. The quantitative estimate of drug-likeness (QED) is 0.500. The maximum Gasteiger partial charge on any atom is 0.123 e. The van der Waals surface area contributed by atoms with E-state index in [4.69, 9.17) is 14.2 Å². The molecule has 2 aromatic carbocycles. The van der Waals surface area contributed by atoms with E-state index in [1.165, 1.54) is 11.1 Å². The van der Waals surface area contributed by atoms with E-state index < -0.39 is 0 Å². The van der Waals surface area contributed by atoms with Crippen molar-refractivity contribution in [2.24, 2.45) is 0 Å². The fraction of sp³-hybridized carbons (Fsp3) is 0.273. The molecule has 132 valence electrons. The monoisotopic (exact) mass is 338 g/mol. The molecule has 0 spiro atoms. The van der Waals surface area contributed by atoms with Crippen LogP contribution >= 0.6 is 0 Å². The molecule has 0 amide bonds. The molecule has 3 nitrogen and oxygen atoms in total. The standard InChI is InChI=1S/C22H26O3/c1-16(2)6-10-19-12-17(9-11-22(19)25-5)7-8-18-13-20(23-3)15-21(14-18)24-4/h6-9,11-15H,10H2,1-5H3/b8-7-. The number of allylic oxidation sites excluding steroid dienone is 2. The second-order valence-corrected chi connectivity index (χ2v) is 6.04. The van der Waals surface area contributed by atoms with Crippen molar-refractivity contribution in [3.63, 3.8) is 0 Å². The van der Waals surface area contributed by atoms with Crippen LogP contribution in [0.2, 0.25) is 0 Å². The Balaban J connectivity index is 2.29. The van der Waals surface area contributed by atoms with Crippen molar-refractivity contribution in [3.8, 4) is 17.2 Å². The number of hydrogen-bond acceptors (Lipinski definition) is 3. The van der Waals surface area contributed by atoms with E-state index in [-0.39, 0.29) is 0 Å². The van der Waals surface area contributed by atoms with Gasteiger partial charge in [0.1, 0.15) is 17.2 Å². The van der Waals surface area contributed by atoms with Gasteiger partial charge in [0.25, 0.3) is 0 Å². The lowest BCUT2D eigenvalue weighted by molar-refractivity contribution is 0.394. The van der Waals surface area contributed by atoms with Crippen molar-refractivity contribution in [1.82, 2.24) is 0 Å². The van der Waals surface area contributed by atoms with Crippen LogP contribution in [0.4, 0.5) is 0 Å². The summed E-state index contributed by atoms with van der Waals surface area (Å²) in [5.41, 5.74) is 4.62. The van der Waals surface area contributed by atoms with Crippen LogP contribution in [0.15, 0.2) is 48.0 Å². The summed E-state index contributed by atoms with van der Waals surface area (Å²) in [5.74, 6) is 2.47. The smallest absolute Gasteiger partial charge is 0.123 e. The highest BCUT2D eigenvalue weighted by molar-refractivity contribution is 5.71. The zero-order chi connectivity index (χ0) is 18.2. The molecule has 25 heavy (non-hydrogen) atoms. The third-order valence-corrected chi connectivity index (χ3v) is 3.88. The molecule has 0 bridgehead atoms. The molecule has 0 radical (unpaired) electrons. The molecule has 0 N–H and O–H groups in total. The van der Waals surface area contributed by atoms with Crippen LogP contribution in [0, 0.1) is 0 Å². The third kappa shape index (κ3) is 5.42. The van der Waals surface area contributed by atoms with Crippen molar-refractivity contribution in [3.05, 3.63) is 64.7 Å². The Morgan fingerprint density at radius 3 is 2.00 bits per heavy atom. The maximum absolute atomic E-state index is 5.47. The lowest BCUT2D eigenvalue weighted by Crippen LogP contribution is -1.92. The Bertz CT molecular complexity index is 747. The van der Waals surface area contributed by atoms with Gasteiger partial charge in [-0.1, -0.05) is 29.9 Å². The minimum absolute atomic E-state index is 0.776. The van der Waals surface area contributed by atoms with Crippen LogP contribution in [0.5, 0.6) is 17.2 Å². The van der Waals surface area contributed by atoms with Crippen molar-refractivity contribution in [2.45, 2.75) is 20.3 Å². The fourth-order valence-corrected chi connectivity index (χ4v) is 2.49. The van der Waals surface area contributed by atoms with Crippen molar-refractivity contribution < 1.29 is 14.2 Å². The summed E-state index contributed by atoms with van der Waals surface area (Å²) >= 11 is 0. The Morgan fingerprint density at radius 1 is 0.800 bits per heavy atom. The van der Waals surface area contributed by atoms with Gasteiger partial charge >= 0.3 is 0 Å². The van der Waals surface area contributed by atoms with Crippen molar-refractivity contribution >= 4 is 12.2 Å². The molecule has 0 heterocycles. The summed E-state index contributed by atoms with van der Waals surface area (Å²) in [6.45, 7) is 4.21. The summed E-state index contributed by atoms with van der Waals surface area (Å²) in [6.07, 6.45) is 7.20. The summed E-state index contributed by atoms with van der Waals surface area (Å²) in [4.78, 5) is 0. The van der Waals surface area contributed by atoms with Gasteiger partial charge in [0.05, 0.1) is 21.3 Å². The number of methoxy groups -OCH3 is 3. The topological polar surface area (TPSA) is 27.7 Å². The molecule has 0 saturated carbocycles. The molecule has 0 saturated heterocycles. The first-order valence-electron chi connectivity index (χ1n) is 8.27. The molecule has 0 aromatic heterocycles. The molecule has 0 atom stereocenters. The molecule has 0 aliphatic rings. The first-order valence-corrected chi connectivity index (χ1v) is 8.27. The summed E-state index contributed by atoms with van der Waals surface area (Å²) in [6, 6.07) is 12.0. The van der Waals surface area contributed by atoms with E-state index in [0.29, 0.717) is 0 Å². The fourth-order valence-electron chi connectivity index (χ4n) is 2.49. The van der Waals surface area contributed by atoms with E-state index in [1.54, 1.807) is 21.3 Å². The van der Waals surface area contributed by atoms with Crippen molar-refractivity contribution in [1.29, 1.82) is 0 Å². The maximum atomic E-state index is 5.47. The van der Waals surface area contributed by atoms with Gasteiger partial charge in [0.2, 0.25) is 0 Å². The normalized spacial score (nSPS) is 10.6. The lowest BCUT2D eigenvalue weighted by atomic mass is 10.0. The number of hydrogen-bond donors (Lipinski definition) is 0. The van der Waals surface area contributed by atoms with E-state index in [2.05, 4.69) is 44.2 Å². The second kappa shape index (κ2) is 8.97. The Labute approximate surface area is 150 Å². The Kier molecular flexibility index (Phi) is 6.70. The van der Waals surface area contributed by atoms with Crippen LogP contribution in [-0.2, 0) is 6.42 Å². The predicted octanol–water partition coefficient (Wildman–Crippen LogP) is 5.39. The Hall–Kier alpha value is -2.68. The van der Waals surface area contributed by atoms with Crippen LogP contribution in [-0.4, -0.2) is 21.3 Å². The van der Waals surface area contributed by atoms with Crippen LogP contribution in [0.1, 0.15) is 30.5 Å². The van der Waals surface area contributed by atoms with Crippen LogP contribution in [0.25, 0.3) is 12.2 Å². The number of ether oxygens (including phenoxy) is 3. The van der Waals surface area contributed by atoms with Gasteiger partial charge in [-0.15, -0.1) is 0 Å². The zero-order valence-electron chi connectivity index (χ0n) is 15.6. The highest BCUT2D eigenvalue weighted by Gasteiger charge is 2.03. The van der Waals surface area contributed by atoms with E-state index in [0.717, 1.165) is 34.8 Å². The van der Waals surface area contributed by atoms with Crippen LogP contribution < -0.4 is 14.2 Å². The highest BCUT2D eigenvalue weighted by Crippen LogP contribution is 2.25. The van der Waals surface area contributed by atoms with Gasteiger partial charge in [-0.3, -0.25) is 0 Å². The van der Waals surface area contributed by atoms with Gasteiger partial charge in [0, 0.05) is 6.07 Å². The average molecular weight is 338 g/mol. The SMILES string of the molecule is COc1cc(/C=C\c2ccc(OC)c(CC=C(C)C)c2)cc(OC)c1. The summed E-state index contributed by atoms with van der Waals surface area (Å²) in [7, 11) is 5.02. The van der Waals surface area contributed by atoms with Crippen molar-refractivity contribution in [2.75, 3.05) is 21.3 Å². The summed E-state index contributed by atoms with van der Waals surface area (Å²) in [5, 5.41) is 0. The second-order valence-electron chi connectivity index (χ2n) is 6.04. The number of rotatable bonds is 7. The predicted molar refractivity (Wildman–Crippen MR) is 105 cm³/mol. The first-order chi connectivity index (χ1) is 12.0. The molecular weight excluding hydrogens is 312 g/mol. The van der Waals surface area contributed by atoms with Gasteiger partial charge in [-0.25, -0.2) is 0 Å². The molecule has 2 rings (SSSR count). The molecule has 3 heteroatoms. The van der Waals surface area contributed by atoms with Gasteiger partial charge in [-0.05, 0) is 61.2 Å². The van der Waals surface area contributed by atoms with Gasteiger partial charge in [0.15, 0.2) is 0 Å². The van der Waals surface area contributed by atoms with Crippen LogP contribution in [0.3, 0.4) is 0 Å². The minimum atomic E-state index is 0.776. The molecule has 0 fully saturated rings. The lowest BCUT2D eigenvalue weighted by Gasteiger charge is -2.08. The average Bonchev–Trinajstić information content (AvgIpc) is 2.64. The zero-order valence-corrected chi connectivity index (χ0v) is 15.6. The molecule has 0 aliphatic heterocycles. The van der Waals surface area contributed by atoms with Gasteiger partial charge < -0.3 is 14.2 Å². The Morgan fingerprint density at radius 2 is 1.44 bits per heavy atom. The highest BCUT2D eigenvalue weighted by atomic mass is 16.5. The van der Waals surface area contributed by atoms with E-state index >= 15 is 0 Å². The largest absolute Gasteiger partial charge is 0.497 e. The van der Waals surface area contributed by atoms with E-state index in [9.17, 15) is 0 Å². The van der Waals surface area contributed by atoms with E-state index in [1.807, 2.05) is 24.3 Å². The molecule has 0 unspecified atom stereocenters.